The number of nitrogens with one attached hydrogen (secondary N) is 1. The Morgan fingerprint density at radius 3 is 2.32 bits per heavy atom. The van der Waals surface area contributed by atoms with E-state index in [0.29, 0.717) is 12.5 Å². The SMILES string of the molecule is CN=C(NCC(c1cnn(C)c1)N(C)C)N1CCN(CC(=O)N2CCCCCC2)CC1. The van der Waals surface area contributed by atoms with Crippen LogP contribution < -0.4 is 5.32 Å². The second-order valence-corrected chi connectivity index (χ2v) is 8.91. The number of likely N-dealkylation sites (tertiary alicyclic amines) is 1. The van der Waals surface area contributed by atoms with Gasteiger partial charge in [-0.1, -0.05) is 12.8 Å². The van der Waals surface area contributed by atoms with Crippen LogP contribution in [0.2, 0.25) is 0 Å². The van der Waals surface area contributed by atoms with Gasteiger partial charge in [0.25, 0.3) is 0 Å². The maximum Gasteiger partial charge on any atom is 0.236 e. The van der Waals surface area contributed by atoms with E-state index < -0.39 is 0 Å². The average molecular weight is 433 g/mol. The van der Waals surface area contributed by atoms with Crippen molar-refractivity contribution in [2.45, 2.75) is 31.7 Å². The minimum absolute atomic E-state index is 0.220. The van der Waals surface area contributed by atoms with Crippen LogP contribution in [0.4, 0.5) is 0 Å². The van der Waals surface area contributed by atoms with Crippen molar-refractivity contribution in [1.82, 2.24) is 34.7 Å². The molecule has 2 aliphatic rings. The van der Waals surface area contributed by atoms with Crippen molar-refractivity contribution >= 4 is 11.9 Å². The van der Waals surface area contributed by atoms with Crippen LogP contribution in [0.3, 0.4) is 0 Å². The Hall–Kier alpha value is -2.13. The van der Waals surface area contributed by atoms with Gasteiger partial charge in [-0.15, -0.1) is 0 Å². The molecule has 0 bridgehead atoms. The molecule has 174 valence electrons. The van der Waals surface area contributed by atoms with Crippen LogP contribution >= 0.6 is 0 Å². The highest BCUT2D eigenvalue weighted by Gasteiger charge is 2.24. The number of hydrogen-bond acceptors (Lipinski definition) is 5. The molecule has 1 amide bonds. The van der Waals surface area contributed by atoms with Gasteiger partial charge in [-0.25, -0.2) is 0 Å². The monoisotopic (exact) mass is 432 g/mol. The average Bonchev–Trinajstić information content (AvgIpc) is 3.00. The molecule has 1 unspecified atom stereocenters. The van der Waals surface area contributed by atoms with Gasteiger partial charge in [-0.2, -0.15) is 5.10 Å². The van der Waals surface area contributed by atoms with Gasteiger partial charge in [0.15, 0.2) is 5.96 Å². The number of guanidine groups is 1. The molecule has 1 aromatic rings. The van der Waals surface area contributed by atoms with Crippen molar-refractivity contribution < 1.29 is 4.79 Å². The maximum absolute atomic E-state index is 12.7. The minimum Gasteiger partial charge on any atom is -0.354 e. The first-order valence-electron chi connectivity index (χ1n) is 11.6. The van der Waals surface area contributed by atoms with Gasteiger partial charge < -0.3 is 20.0 Å². The predicted octanol–water partition coefficient (Wildman–Crippen LogP) is 0.618. The molecule has 0 spiro atoms. The molecule has 1 atom stereocenters. The molecule has 2 aliphatic heterocycles. The third kappa shape index (κ3) is 6.67. The highest BCUT2D eigenvalue weighted by Crippen LogP contribution is 2.16. The summed E-state index contributed by atoms with van der Waals surface area (Å²) in [5.74, 6) is 1.22. The number of piperazine rings is 1. The van der Waals surface area contributed by atoms with Crippen LogP contribution in [0.1, 0.15) is 37.3 Å². The first kappa shape index (κ1) is 23.5. The summed E-state index contributed by atoms with van der Waals surface area (Å²) in [6.45, 7) is 6.71. The molecule has 3 rings (SSSR count). The maximum atomic E-state index is 12.7. The second kappa shape index (κ2) is 11.5. The number of aromatic nitrogens is 2. The largest absolute Gasteiger partial charge is 0.354 e. The lowest BCUT2D eigenvalue weighted by molar-refractivity contribution is -0.132. The molecular weight excluding hydrogens is 392 g/mol. The van der Waals surface area contributed by atoms with Crippen LogP contribution in [0.25, 0.3) is 0 Å². The fourth-order valence-corrected chi connectivity index (χ4v) is 4.46. The lowest BCUT2D eigenvalue weighted by Gasteiger charge is -2.37. The van der Waals surface area contributed by atoms with Gasteiger partial charge in [0, 0.05) is 71.7 Å². The van der Waals surface area contributed by atoms with E-state index >= 15 is 0 Å². The molecule has 1 aromatic heterocycles. The highest BCUT2D eigenvalue weighted by atomic mass is 16.2. The molecule has 9 heteroatoms. The highest BCUT2D eigenvalue weighted by molar-refractivity contribution is 5.80. The van der Waals surface area contributed by atoms with Crippen molar-refractivity contribution in [3.63, 3.8) is 0 Å². The number of nitrogens with zero attached hydrogens (tertiary/aromatic N) is 7. The summed E-state index contributed by atoms with van der Waals surface area (Å²) in [7, 11) is 7.95. The Labute approximate surface area is 187 Å². The van der Waals surface area contributed by atoms with E-state index in [2.05, 4.69) is 55.3 Å². The van der Waals surface area contributed by atoms with Gasteiger partial charge in [0.05, 0.1) is 18.8 Å². The standard InChI is InChI=1S/C22H40N8O/c1-23-22(24-16-20(26(2)3)19-15-25-27(4)17-19)30-13-11-28(12-14-30)18-21(31)29-9-7-5-6-8-10-29/h15,17,20H,5-14,16,18H2,1-4H3,(H,23,24). The number of rotatable bonds is 6. The van der Waals surface area contributed by atoms with Gasteiger partial charge >= 0.3 is 0 Å². The van der Waals surface area contributed by atoms with Gasteiger partial charge in [0.1, 0.15) is 0 Å². The lowest BCUT2D eigenvalue weighted by atomic mass is 10.1. The van der Waals surface area contributed by atoms with E-state index in [1.54, 1.807) is 0 Å². The summed E-state index contributed by atoms with van der Waals surface area (Å²) in [5.41, 5.74) is 1.19. The number of aliphatic imine (C=N–C) groups is 1. The topological polar surface area (TPSA) is 72.2 Å². The Bertz CT molecular complexity index is 715. The number of amides is 1. The molecule has 0 radical (unpaired) electrons. The Kier molecular flexibility index (Phi) is 8.71. The summed E-state index contributed by atoms with van der Waals surface area (Å²) >= 11 is 0. The summed E-state index contributed by atoms with van der Waals surface area (Å²) in [6, 6.07) is 0.220. The van der Waals surface area contributed by atoms with Crippen molar-refractivity contribution in [1.29, 1.82) is 0 Å². The second-order valence-electron chi connectivity index (χ2n) is 8.91. The fourth-order valence-electron chi connectivity index (χ4n) is 4.46. The van der Waals surface area contributed by atoms with Crippen LogP contribution in [0, 0.1) is 0 Å². The molecule has 9 nitrogen and oxygen atoms in total. The molecule has 0 aliphatic carbocycles. The summed E-state index contributed by atoms with van der Waals surface area (Å²) in [4.78, 5) is 26.1. The lowest BCUT2D eigenvalue weighted by Crippen LogP contribution is -2.54. The third-order valence-corrected chi connectivity index (χ3v) is 6.39. The van der Waals surface area contributed by atoms with Crippen LogP contribution in [-0.4, -0.2) is 115 Å². The number of aryl methyl sites for hydroxylation is 1. The summed E-state index contributed by atoms with van der Waals surface area (Å²) in [5, 5.41) is 7.86. The van der Waals surface area contributed by atoms with Crippen LogP contribution in [0.5, 0.6) is 0 Å². The van der Waals surface area contributed by atoms with Crippen LogP contribution in [-0.2, 0) is 11.8 Å². The zero-order valence-electron chi connectivity index (χ0n) is 19.8. The predicted molar refractivity (Wildman–Crippen MR) is 124 cm³/mol. The Balaban J connectivity index is 1.46. The molecule has 2 fully saturated rings. The zero-order valence-corrected chi connectivity index (χ0v) is 19.8. The molecule has 1 N–H and O–H groups in total. The minimum atomic E-state index is 0.220. The molecule has 3 heterocycles. The van der Waals surface area contributed by atoms with Gasteiger partial charge in [-0.3, -0.25) is 19.4 Å². The summed E-state index contributed by atoms with van der Waals surface area (Å²) in [6.07, 6.45) is 8.79. The van der Waals surface area contributed by atoms with E-state index in [1.807, 2.05) is 25.0 Å². The third-order valence-electron chi connectivity index (χ3n) is 6.39. The van der Waals surface area contributed by atoms with E-state index in [4.69, 9.17) is 0 Å². The molecule has 0 aromatic carbocycles. The number of carbonyl (C=O) groups excluding carboxylic acids is 1. The van der Waals surface area contributed by atoms with Crippen molar-refractivity contribution in [3.8, 4) is 0 Å². The number of hydrogen-bond donors (Lipinski definition) is 1. The number of carbonyl (C=O) groups is 1. The summed E-state index contributed by atoms with van der Waals surface area (Å²) < 4.78 is 1.84. The van der Waals surface area contributed by atoms with Gasteiger partial charge in [0.2, 0.25) is 5.91 Å². The van der Waals surface area contributed by atoms with Crippen molar-refractivity contribution in [3.05, 3.63) is 18.0 Å². The molecule has 0 saturated carbocycles. The van der Waals surface area contributed by atoms with Crippen LogP contribution in [0.15, 0.2) is 17.4 Å². The van der Waals surface area contributed by atoms with Gasteiger partial charge in [-0.05, 0) is 26.9 Å². The normalized spacial score (nSPS) is 20.1. The Morgan fingerprint density at radius 1 is 1.10 bits per heavy atom. The van der Waals surface area contributed by atoms with E-state index in [9.17, 15) is 4.79 Å². The fraction of sp³-hybridized carbons (Fsp3) is 0.773. The first-order valence-corrected chi connectivity index (χ1v) is 11.6. The molecule has 2 saturated heterocycles. The first-order chi connectivity index (χ1) is 15.0. The van der Waals surface area contributed by atoms with E-state index in [1.165, 1.54) is 18.4 Å². The quantitative estimate of drug-likeness (QED) is 0.525. The number of likely N-dealkylation sites (N-methyl/N-ethyl adjacent to an activating group) is 1. The smallest absolute Gasteiger partial charge is 0.236 e. The van der Waals surface area contributed by atoms with Crippen molar-refractivity contribution in [2.75, 3.05) is 73.5 Å². The Morgan fingerprint density at radius 2 is 1.77 bits per heavy atom. The molecule has 31 heavy (non-hydrogen) atoms. The molecular formula is C22H40N8O. The van der Waals surface area contributed by atoms with Crippen molar-refractivity contribution in [2.24, 2.45) is 12.0 Å². The zero-order chi connectivity index (χ0) is 22.2. The van der Waals surface area contributed by atoms with E-state index in [-0.39, 0.29) is 6.04 Å². The van der Waals surface area contributed by atoms with E-state index in [0.717, 1.165) is 64.6 Å².